The molecule has 2 aromatic carbocycles. The van der Waals surface area contributed by atoms with Crippen molar-refractivity contribution < 1.29 is 27.5 Å². The fourth-order valence-corrected chi connectivity index (χ4v) is 2.94. The predicted molar refractivity (Wildman–Crippen MR) is 96.1 cm³/mol. The van der Waals surface area contributed by atoms with Crippen LogP contribution in [0.15, 0.2) is 70.2 Å². The van der Waals surface area contributed by atoms with Gasteiger partial charge in [-0.2, -0.15) is 0 Å². The largest absolute Gasteiger partial charge is 0.415 e. The number of nitrogens with two attached hydrogens (primary N) is 1. The molecular weight excluding hydrogens is 396 g/mol. The van der Waals surface area contributed by atoms with E-state index in [1.165, 1.54) is 24.3 Å². The van der Waals surface area contributed by atoms with Crippen LogP contribution in [0, 0.1) is 0 Å². The Hall–Kier alpha value is -2.88. The molecule has 0 spiro atoms. The van der Waals surface area contributed by atoms with Crippen LogP contribution in [0.4, 0.5) is 5.69 Å². The number of esters is 2. The Morgan fingerprint density at radius 2 is 1.74 bits per heavy atom. The maximum Gasteiger partial charge on any atom is 0.355 e. The number of hydrogen-bond acceptors (Lipinski definition) is 7. The van der Waals surface area contributed by atoms with E-state index in [4.69, 9.17) is 26.2 Å². The molecule has 0 saturated carbocycles. The van der Waals surface area contributed by atoms with Gasteiger partial charge in [0.25, 0.3) is 6.29 Å². The van der Waals surface area contributed by atoms with Gasteiger partial charge in [-0.15, -0.1) is 0 Å². The lowest BCUT2D eigenvalue weighted by Gasteiger charge is -2.16. The Morgan fingerprint density at radius 3 is 2.33 bits per heavy atom. The molecule has 3 N–H and O–H groups in total. The molecule has 1 aliphatic rings. The molecule has 0 bridgehead atoms. The van der Waals surface area contributed by atoms with Gasteiger partial charge in [-0.3, -0.25) is 0 Å². The minimum Gasteiger partial charge on any atom is -0.415 e. The molecule has 0 aromatic heterocycles. The van der Waals surface area contributed by atoms with E-state index in [2.05, 4.69) is 5.32 Å². The number of sulfonamides is 1. The van der Waals surface area contributed by atoms with Crippen LogP contribution in [0.5, 0.6) is 0 Å². The van der Waals surface area contributed by atoms with Gasteiger partial charge in [-0.05, 0) is 36.4 Å². The van der Waals surface area contributed by atoms with E-state index in [1.54, 1.807) is 30.3 Å². The number of cyclic esters (lactones) is 1. The summed E-state index contributed by atoms with van der Waals surface area (Å²) < 4.78 is 32.8. The number of hydrogen-bond donors (Lipinski definition) is 2. The molecule has 140 valence electrons. The summed E-state index contributed by atoms with van der Waals surface area (Å²) in [4.78, 5) is 23.8. The summed E-state index contributed by atoms with van der Waals surface area (Å²) >= 11 is 5.94. The zero-order valence-corrected chi connectivity index (χ0v) is 15.2. The minimum atomic E-state index is -3.84. The van der Waals surface area contributed by atoms with Crippen LogP contribution in [0.25, 0.3) is 0 Å². The maximum absolute atomic E-state index is 12.2. The third-order valence-corrected chi connectivity index (χ3v) is 4.84. The van der Waals surface area contributed by atoms with Crippen molar-refractivity contribution in [1.82, 2.24) is 0 Å². The summed E-state index contributed by atoms with van der Waals surface area (Å²) in [6.45, 7) is 0. The summed E-state index contributed by atoms with van der Waals surface area (Å²) in [5.41, 5.74) is 0.678. The number of ether oxygens (including phenoxy) is 2. The molecule has 2 aromatic rings. The van der Waals surface area contributed by atoms with Gasteiger partial charge < -0.3 is 14.8 Å². The fourth-order valence-electron chi connectivity index (χ4n) is 2.24. The van der Waals surface area contributed by atoms with Crippen molar-refractivity contribution in [3.63, 3.8) is 0 Å². The van der Waals surface area contributed by atoms with E-state index in [9.17, 15) is 18.0 Å². The lowest BCUT2D eigenvalue weighted by molar-refractivity contribution is -0.152. The minimum absolute atomic E-state index is 0.0225. The topological polar surface area (TPSA) is 125 Å². The van der Waals surface area contributed by atoms with Crippen molar-refractivity contribution in [1.29, 1.82) is 0 Å². The first-order chi connectivity index (χ1) is 12.8. The molecule has 1 atom stereocenters. The number of carbonyl (C=O) groups is 2. The van der Waals surface area contributed by atoms with Gasteiger partial charge in [0.15, 0.2) is 5.03 Å². The second kappa shape index (κ2) is 7.39. The van der Waals surface area contributed by atoms with Crippen molar-refractivity contribution in [2.75, 3.05) is 5.32 Å². The van der Waals surface area contributed by atoms with Gasteiger partial charge in [0.2, 0.25) is 10.0 Å². The van der Waals surface area contributed by atoms with E-state index in [0.717, 1.165) is 0 Å². The van der Waals surface area contributed by atoms with Crippen molar-refractivity contribution >= 4 is 39.3 Å². The van der Waals surface area contributed by atoms with Gasteiger partial charge in [0.05, 0.1) is 10.5 Å². The molecule has 0 unspecified atom stereocenters. The van der Waals surface area contributed by atoms with Crippen LogP contribution >= 0.6 is 11.6 Å². The number of primary sulfonamides is 1. The monoisotopic (exact) mass is 408 g/mol. The number of anilines is 1. The molecular formula is C17H13ClN2O6S. The van der Waals surface area contributed by atoms with E-state index < -0.39 is 28.3 Å². The third-order valence-electron chi connectivity index (χ3n) is 3.55. The fraction of sp³-hybridized carbons (Fsp3) is 0.0588. The first kappa shape index (κ1) is 18.9. The maximum atomic E-state index is 12.2. The second-order valence-electron chi connectivity index (χ2n) is 5.43. The van der Waals surface area contributed by atoms with Gasteiger partial charge in [0, 0.05) is 5.69 Å². The molecule has 3 rings (SSSR count). The average molecular weight is 409 g/mol. The van der Waals surface area contributed by atoms with Crippen molar-refractivity contribution in [3.8, 4) is 0 Å². The Balaban J connectivity index is 1.79. The smallest absolute Gasteiger partial charge is 0.355 e. The summed E-state index contributed by atoms with van der Waals surface area (Å²) in [7, 11) is -3.84. The zero-order chi connectivity index (χ0) is 19.6. The molecule has 0 radical (unpaired) electrons. The van der Waals surface area contributed by atoms with E-state index >= 15 is 0 Å². The van der Waals surface area contributed by atoms with Gasteiger partial charge in [-0.1, -0.05) is 29.8 Å². The Labute approximate surface area is 159 Å². The molecule has 27 heavy (non-hydrogen) atoms. The van der Waals surface area contributed by atoms with Crippen LogP contribution < -0.4 is 10.5 Å². The summed E-state index contributed by atoms with van der Waals surface area (Å²) in [6.07, 6.45) is -1.37. The van der Waals surface area contributed by atoms with Gasteiger partial charge in [0.1, 0.15) is 5.70 Å². The first-order valence-corrected chi connectivity index (χ1v) is 9.45. The second-order valence-corrected chi connectivity index (χ2v) is 7.37. The zero-order valence-electron chi connectivity index (χ0n) is 13.6. The van der Waals surface area contributed by atoms with Gasteiger partial charge >= 0.3 is 11.9 Å². The van der Waals surface area contributed by atoms with Crippen LogP contribution in [0.1, 0.15) is 10.4 Å². The first-order valence-electron chi connectivity index (χ1n) is 7.52. The van der Waals surface area contributed by atoms with Crippen molar-refractivity contribution in [2.45, 2.75) is 11.2 Å². The standard InChI is InChI=1S/C17H13ClN2O6S/c18-13-14(20-11-6-8-12(9-7-11)27(19,23)24)17(26-16(13)22)25-15(21)10-4-2-1-3-5-10/h1-9,17,20H,(H2,19,23,24)/t17-/m1/s1. The summed E-state index contributed by atoms with van der Waals surface area (Å²) in [5.74, 6) is -1.56. The average Bonchev–Trinajstić information content (AvgIpc) is 2.89. The SMILES string of the molecule is NS(=O)(=O)c1ccc(NC2=C(Cl)C(=O)O[C@H]2OC(=O)c2ccccc2)cc1. The van der Waals surface area contributed by atoms with E-state index in [0.29, 0.717) is 5.69 Å². The van der Waals surface area contributed by atoms with Crippen molar-refractivity contribution in [2.24, 2.45) is 5.14 Å². The normalized spacial score (nSPS) is 16.8. The Bertz CT molecular complexity index is 1020. The highest BCUT2D eigenvalue weighted by Crippen LogP contribution is 2.29. The van der Waals surface area contributed by atoms with Crippen LogP contribution in [0.3, 0.4) is 0 Å². The summed E-state index contributed by atoms with van der Waals surface area (Å²) in [5, 5.41) is 7.56. The summed E-state index contributed by atoms with van der Waals surface area (Å²) in [6, 6.07) is 13.5. The molecule has 0 amide bonds. The lowest BCUT2D eigenvalue weighted by Crippen LogP contribution is -2.24. The number of benzene rings is 2. The molecule has 1 heterocycles. The van der Waals surface area contributed by atoms with Crippen LogP contribution in [-0.2, 0) is 24.3 Å². The van der Waals surface area contributed by atoms with Crippen LogP contribution in [-0.4, -0.2) is 26.6 Å². The molecule has 1 aliphatic heterocycles. The van der Waals surface area contributed by atoms with E-state index in [1.807, 2.05) is 0 Å². The predicted octanol–water partition coefficient (Wildman–Crippen LogP) is 1.94. The lowest BCUT2D eigenvalue weighted by atomic mass is 10.2. The number of halogens is 1. The number of carbonyl (C=O) groups excluding carboxylic acids is 2. The molecule has 10 heteroatoms. The molecule has 8 nitrogen and oxygen atoms in total. The highest BCUT2D eigenvalue weighted by Gasteiger charge is 2.36. The quantitative estimate of drug-likeness (QED) is 0.724. The highest BCUT2D eigenvalue weighted by molar-refractivity contribution is 7.89. The van der Waals surface area contributed by atoms with Gasteiger partial charge in [-0.25, -0.2) is 23.1 Å². The Morgan fingerprint density at radius 1 is 1.11 bits per heavy atom. The van der Waals surface area contributed by atoms with Crippen LogP contribution in [0.2, 0.25) is 0 Å². The molecule has 0 saturated heterocycles. The number of nitrogens with one attached hydrogen (secondary N) is 1. The van der Waals surface area contributed by atoms with E-state index in [-0.39, 0.29) is 21.2 Å². The third kappa shape index (κ3) is 4.27. The molecule has 0 fully saturated rings. The Kier molecular flexibility index (Phi) is 5.17. The van der Waals surface area contributed by atoms with Crippen molar-refractivity contribution in [3.05, 3.63) is 70.9 Å². The molecule has 0 aliphatic carbocycles. The highest BCUT2D eigenvalue weighted by atomic mass is 35.5. The number of rotatable bonds is 5.